The van der Waals surface area contributed by atoms with Crippen LogP contribution < -0.4 is 16.4 Å². The molecule has 0 aliphatic heterocycles. The number of nitrogens with one attached hydrogen (secondary N) is 2. The lowest BCUT2D eigenvalue weighted by Crippen LogP contribution is -2.49. The zero-order valence-corrected chi connectivity index (χ0v) is 23.0. The highest BCUT2D eigenvalue weighted by molar-refractivity contribution is 5.87. The summed E-state index contributed by atoms with van der Waals surface area (Å²) in [5.41, 5.74) is 8.60. The quantitative estimate of drug-likeness (QED) is 0.170. The summed E-state index contributed by atoms with van der Waals surface area (Å²) >= 11 is 0. The molecule has 0 fully saturated rings. The van der Waals surface area contributed by atoms with Gasteiger partial charge in [0, 0.05) is 6.54 Å². The molecule has 3 aromatic rings. The van der Waals surface area contributed by atoms with E-state index in [4.69, 9.17) is 15.2 Å². The number of nitrogens with two attached hydrogens (primary N) is 1. The number of alkyl carbamates (subject to hydrolysis) is 1. The van der Waals surface area contributed by atoms with Gasteiger partial charge in [-0.2, -0.15) is 0 Å². The van der Waals surface area contributed by atoms with Crippen molar-refractivity contribution in [2.24, 2.45) is 5.73 Å². The molecule has 0 saturated heterocycles. The number of amides is 2. The van der Waals surface area contributed by atoms with E-state index < -0.39 is 30.1 Å². The summed E-state index contributed by atoms with van der Waals surface area (Å²) in [5.74, 6) is -0.913. The molecule has 0 spiro atoms. The fourth-order valence-corrected chi connectivity index (χ4v) is 3.77. The van der Waals surface area contributed by atoms with Crippen LogP contribution in [0.3, 0.4) is 0 Å². The van der Waals surface area contributed by atoms with Gasteiger partial charge in [0.1, 0.15) is 25.0 Å². The lowest BCUT2D eigenvalue weighted by Gasteiger charge is -2.20. The molecule has 3 aromatic carbocycles. The number of hydrogen-bond donors (Lipinski definition) is 4. The summed E-state index contributed by atoms with van der Waals surface area (Å²) in [4.78, 5) is 37.6. The van der Waals surface area contributed by atoms with E-state index in [1.807, 2.05) is 60.7 Å². The van der Waals surface area contributed by atoms with Gasteiger partial charge in [-0.25, -0.2) is 9.59 Å². The molecule has 0 aliphatic rings. The van der Waals surface area contributed by atoms with Crippen molar-refractivity contribution in [3.63, 3.8) is 0 Å². The first-order valence-electron chi connectivity index (χ1n) is 12.9. The second-order valence-corrected chi connectivity index (χ2v) is 9.12. The molecular formula is C30H36ClN3O6. The van der Waals surface area contributed by atoms with E-state index in [0.29, 0.717) is 25.8 Å². The number of aromatic hydroxyl groups is 1. The average molecular weight is 570 g/mol. The fraction of sp³-hybridized carbons (Fsp3) is 0.300. The molecule has 2 atom stereocenters. The zero-order chi connectivity index (χ0) is 27.9. The van der Waals surface area contributed by atoms with Crippen molar-refractivity contribution >= 4 is 30.4 Å². The number of benzene rings is 3. The molecule has 10 heteroatoms. The molecule has 0 bridgehead atoms. The summed E-state index contributed by atoms with van der Waals surface area (Å²) in [7, 11) is 0. The predicted octanol–water partition coefficient (Wildman–Crippen LogP) is 4.01. The minimum absolute atomic E-state index is 0. The SMILES string of the molecule is Cl.N[C@@H](Cc1ccc(O)cc1)C(=O)N[C@@H](CCCCNC(=O)OCc1ccccc1)C(=O)OCc1ccccc1. The molecule has 3 rings (SSSR count). The third-order valence-electron chi connectivity index (χ3n) is 5.96. The first-order valence-corrected chi connectivity index (χ1v) is 12.9. The molecule has 2 amide bonds. The molecule has 0 radical (unpaired) electrons. The molecule has 9 nitrogen and oxygen atoms in total. The molecule has 0 heterocycles. The Morgan fingerprint density at radius 2 is 1.35 bits per heavy atom. The fourth-order valence-electron chi connectivity index (χ4n) is 3.77. The van der Waals surface area contributed by atoms with Crippen LogP contribution in [-0.4, -0.2) is 41.7 Å². The van der Waals surface area contributed by atoms with Gasteiger partial charge in [-0.1, -0.05) is 72.8 Å². The van der Waals surface area contributed by atoms with Crippen molar-refractivity contribution in [3.05, 3.63) is 102 Å². The third kappa shape index (κ3) is 11.8. The van der Waals surface area contributed by atoms with E-state index in [-0.39, 0.29) is 37.8 Å². The average Bonchev–Trinajstić information content (AvgIpc) is 2.96. The van der Waals surface area contributed by atoms with Crippen molar-refractivity contribution in [1.29, 1.82) is 0 Å². The van der Waals surface area contributed by atoms with Gasteiger partial charge >= 0.3 is 12.1 Å². The molecular weight excluding hydrogens is 534 g/mol. The normalized spacial score (nSPS) is 11.8. The zero-order valence-electron chi connectivity index (χ0n) is 22.2. The highest BCUT2D eigenvalue weighted by Crippen LogP contribution is 2.12. The van der Waals surface area contributed by atoms with Gasteiger partial charge in [0.15, 0.2) is 0 Å². The topological polar surface area (TPSA) is 140 Å². The monoisotopic (exact) mass is 569 g/mol. The van der Waals surface area contributed by atoms with Crippen LogP contribution in [0, 0.1) is 0 Å². The van der Waals surface area contributed by atoms with Crippen LogP contribution in [-0.2, 0) is 38.7 Å². The molecule has 0 unspecified atom stereocenters. The number of hydrogen-bond acceptors (Lipinski definition) is 7. The Hall–Kier alpha value is -4.08. The maximum Gasteiger partial charge on any atom is 0.407 e. The third-order valence-corrected chi connectivity index (χ3v) is 5.96. The van der Waals surface area contributed by atoms with Gasteiger partial charge in [-0.05, 0) is 54.5 Å². The number of esters is 1. The molecule has 0 aromatic heterocycles. The minimum atomic E-state index is -0.892. The Labute approximate surface area is 240 Å². The Balaban J connectivity index is 0.00000560. The molecule has 5 N–H and O–H groups in total. The molecule has 40 heavy (non-hydrogen) atoms. The van der Waals surface area contributed by atoms with Gasteiger partial charge < -0.3 is 30.9 Å². The van der Waals surface area contributed by atoms with Gasteiger partial charge in [0.25, 0.3) is 0 Å². The summed E-state index contributed by atoms with van der Waals surface area (Å²) in [6.45, 7) is 0.618. The van der Waals surface area contributed by atoms with Crippen LogP contribution >= 0.6 is 12.4 Å². The first kappa shape index (κ1) is 32.1. The van der Waals surface area contributed by atoms with Crippen LogP contribution in [0.25, 0.3) is 0 Å². The van der Waals surface area contributed by atoms with Crippen molar-refractivity contribution in [2.45, 2.75) is 51.0 Å². The maximum atomic E-state index is 12.9. The first-order chi connectivity index (χ1) is 18.9. The van der Waals surface area contributed by atoms with E-state index in [2.05, 4.69) is 10.6 Å². The van der Waals surface area contributed by atoms with E-state index in [1.54, 1.807) is 12.1 Å². The summed E-state index contributed by atoms with van der Waals surface area (Å²) < 4.78 is 10.7. The Morgan fingerprint density at radius 1 is 0.775 bits per heavy atom. The highest BCUT2D eigenvalue weighted by Gasteiger charge is 2.25. The molecule has 214 valence electrons. The number of carbonyl (C=O) groups excluding carboxylic acids is 3. The Kier molecular flexibility index (Phi) is 14.1. The Morgan fingerprint density at radius 3 is 1.95 bits per heavy atom. The largest absolute Gasteiger partial charge is 0.508 e. The van der Waals surface area contributed by atoms with Crippen molar-refractivity contribution < 1.29 is 29.0 Å². The number of phenolic OH excluding ortho intramolecular Hbond substituents is 1. The maximum absolute atomic E-state index is 12.9. The van der Waals surface area contributed by atoms with E-state index >= 15 is 0 Å². The Bertz CT molecular complexity index is 1180. The second-order valence-electron chi connectivity index (χ2n) is 9.12. The highest BCUT2D eigenvalue weighted by atomic mass is 35.5. The molecule has 0 aliphatic carbocycles. The standard InChI is InChI=1S/C30H35N3O6.ClH/c31-26(19-22-14-16-25(34)17-15-22)28(35)33-27(29(36)38-20-23-9-3-1-4-10-23)13-7-8-18-32-30(37)39-21-24-11-5-2-6-12-24;/h1-6,9-12,14-17,26-27,34H,7-8,13,18-21,31H2,(H,32,37)(H,33,35);1H/t26-,27-;/m0./s1. The second kappa shape index (κ2) is 17.5. The van der Waals surface area contributed by atoms with Crippen molar-refractivity contribution in [2.75, 3.05) is 6.54 Å². The van der Waals surface area contributed by atoms with Crippen LogP contribution in [0.5, 0.6) is 5.75 Å². The number of ether oxygens (including phenoxy) is 2. The van der Waals surface area contributed by atoms with Gasteiger partial charge in [-0.15, -0.1) is 12.4 Å². The van der Waals surface area contributed by atoms with Gasteiger partial charge in [0.2, 0.25) is 5.91 Å². The summed E-state index contributed by atoms with van der Waals surface area (Å²) in [5, 5.41) is 14.9. The van der Waals surface area contributed by atoms with Crippen molar-refractivity contribution in [3.8, 4) is 5.75 Å². The number of phenols is 1. The van der Waals surface area contributed by atoms with Crippen LogP contribution in [0.2, 0.25) is 0 Å². The number of carbonyl (C=O) groups is 3. The predicted molar refractivity (Wildman–Crippen MR) is 154 cm³/mol. The van der Waals surface area contributed by atoms with Gasteiger partial charge in [-0.3, -0.25) is 4.79 Å². The number of rotatable bonds is 14. The van der Waals surface area contributed by atoms with E-state index in [1.165, 1.54) is 12.1 Å². The van der Waals surface area contributed by atoms with Crippen LogP contribution in [0.1, 0.15) is 36.0 Å². The molecule has 0 saturated carbocycles. The van der Waals surface area contributed by atoms with Gasteiger partial charge in [0.05, 0.1) is 6.04 Å². The number of unbranched alkanes of at least 4 members (excludes halogenated alkanes) is 1. The van der Waals surface area contributed by atoms with E-state index in [0.717, 1.165) is 16.7 Å². The minimum Gasteiger partial charge on any atom is -0.508 e. The van der Waals surface area contributed by atoms with Crippen molar-refractivity contribution in [1.82, 2.24) is 10.6 Å². The lowest BCUT2D eigenvalue weighted by molar-refractivity contribution is -0.149. The van der Waals surface area contributed by atoms with E-state index in [9.17, 15) is 19.5 Å². The lowest BCUT2D eigenvalue weighted by atomic mass is 10.0. The summed E-state index contributed by atoms with van der Waals surface area (Å²) in [6, 6.07) is 23.3. The van der Waals surface area contributed by atoms with Crippen LogP contribution in [0.15, 0.2) is 84.9 Å². The number of halogens is 1. The van der Waals surface area contributed by atoms with Crippen LogP contribution in [0.4, 0.5) is 4.79 Å². The summed E-state index contributed by atoms with van der Waals surface area (Å²) in [6.07, 6.45) is 1.14. The smallest absolute Gasteiger partial charge is 0.407 e.